The number of ether oxygens (including phenoxy) is 2. The highest BCUT2D eigenvalue weighted by Gasteiger charge is 2.26. The van der Waals surface area contributed by atoms with Gasteiger partial charge in [0.25, 0.3) is 0 Å². The second kappa shape index (κ2) is 6.05. The Balaban J connectivity index is 1.74. The molecule has 0 bridgehead atoms. The topological polar surface area (TPSA) is 18.5 Å². The van der Waals surface area contributed by atoms with Crippen LogP contribution in [-0.2, 0) is 4.74 Å². The molecule has 2 aromatic carbocycles. The van der Waals surface area contributed by atoms with Crippen LogP contribution in [0.5, 0.6) is 5.75 Å². The van der Waals surface area contributed by atoms with Gasteiger partial charge >= 0.3 is 0 Å². The van der Waals surface area contributed by atoms with Crippen LogP contribution in [0.25, 0.3) is 16.7 Å². The van der Waals surface area contributed by atoms with Crippen LogP contribution in [0.3, 0.4) is 0 Å². The van der Waals surface area contributed by atoms with E-state index in [1.54, 1.807) is 0 Å². The van der Waals surface area contributed by atoms with Crippen LogP contribution in [0.2, 0.25) is 0 Å². The summed E-state index contributed by atoms with van der Waals surface area (Å²) in [5, 5.41) is 0. The lowest BCUT2D eigenvalue weighted by atomic mass is 9.91. The van der Waals surface area contributed by atoms with Gasteiger partial charge in [0.05, 0.1) is 0 Å². The van der Waals surface area contributed by atoms with Gasteiger partial charge in [0.15, 0.2) is 0 Å². The summed E-state index contributed by atoms with van der Waals surface area (Å²) in [5.74, 6) is 2.40. The largest absolute Gasteiger partial charge is 0.460 e. The molecule has 2 nitrogen and oxygen atoms in total. The number of para-hydroxylation sites is 1. The van der Waals surface area contributed by atoms with Crippen molar-refractivity contribution in [3.05, 3.63) is 72.5 Å². The molecule has 0 amide bonds. The quantitative estimate of drug-likeness (QED) is 0.771. The Morgan fingerprint density at radius 1 is 0.870 bits per heavy atom. The molecule has 23 heavy (non-hydrogen) atoms. The average molecular weight is 304 g/mol. The highest BCUT2D eigenvalue weighted by molar-refractivity contribution is 5.85. The summed E-state index contributed by atoms with van der Waals surface area (Å²) in [7, 11) is 0. The van der Waals surface area contributed by atoms with Crippen LogP contribution in [0.1, 0.15) is 18.4 Å². The predicted molar refractivity (Wildman–Crippen MR) is 93.2 cm³/mol. The van der Waals surface area contributed by atoms with E-state index in [1.807, 2.05) is 6.07 Å². The zero-order valence-corrected chi connectivity index (χ0v) is 13.1. The Hall–Kier alpha value is -2.32. The molecule has 1 saturated heterocycles. The maximum atomic E-state index is 6.37. The molecule has 2 heterocycles. The fourth-order valence-electron chi connectivity index (χ4n) is 3.32. The smallest absolute Gasteiger partial charge is 0.142 e. The van der Waals surface area contributed by atoms with Gasteiger partial charge in [-0.15, -0.1) is 0 Å². The number of hydrogen-bond acceptors (Lipinski definition) is 2. The average Bonchev–Trinajstić information content (AvgIpc) is 2.63. The second-order valence-corrected chi connectivity index (χ2v) is 6.11. The Morgan fingerprint density at radius 2 is 1.61 bits per heavy atom. The van der Waals surface area contributed by atoms with Crippen molar-refractivity contribution in [2.24, 2.45) is 5.92 Å². The first-order valence-electron chi connectivity index (χ1n) is 8.18. The molecule has 4 rings (SSSR count). The van der Waals surface area contributed by atoms with Crippen molar-refractivity contribution >= 4 is 5.57 Å². The molecule has 1 fully saturated rings. The molecule has 0 radical (unpaired) electrons. The normalized spacial score (nSPS) is 18.1. The SMILES string of the molecule is C=C1C=C(C2CCOCC2)Oc2c1cccc2-c1ccccc1. The van der Waals surface area contributed by atoms with Gasteiger partial charge in [-0.25, -0.2) is 0 Å². The van der Waals surface area contributed by atoms with Crippen molar-refractivity contribution in [1.82, 2.24) is 0 Å². The number of benzene rings is 2. The predicted octanol–water partition coefficient (Wildman–Crippen LogP) is 5.07. The Labute approximate surface area is 137 Å². The maximum absolute atomic E-state index is 6.37. The van der Waals surface area contributed by atoms with E-state index in [9.17, 15) is 0 Å². The highest BCUT2D eigenvalue weighted by atomic mass is 16.5. The third-order valence-corrected chi connectivity index (χ3v) is 4.61. The van der Waals surface area contributed by atoms with Gasteiger partial charge in [0.1, 0.15) is 11.5 Å². The molecule has 2 aliphatic heterocycles. The zero-order chi connectivity index (χ0) is 15.6. The third-order valence-electron chi connectivity index (χ3n) is 4.61. The molecular weight excluding hydrogens is 284 g/mol. The molecule has 2 aliphatic rings. The van der Waals surface area contributed by atoms with E-state index in [-0.39, 0.29) is 0 Å². The lowest BCUT2D eigenvalue weighted by Gasteiger charge is -2.29. The lowest BCUT2D eigenvalue weighted by molar-refractivity contribution is 0.0659. The standard InChI is InChI=1S/C21H20O2/c1-15-14-20(17-10-12-22-13-11-17)23-21-18(15)8-5-9-19(21)16-6-3-2-4-7-16/h2-9,14,17H,1,10-13H2. The van der Waals surface area contributed by atoms with E-state index in [0.717, 1.165) is 54.3 Å². The van der Waals surface area contributed by atoms with E-state index in [2.05, 4.69) is 55.1 Å². The molecule has 0 unspecified atom stereocenters. The number of rotatable bonds is 2. The Bertz CT molecular complexity index is 753. The van der Waals surface area contributed by atoms with E-state index in [0.29, 0.717) is 5.92 Å². The Kier molecular flexibility index (Phi) is 3.76. The summed E-state index contributed by atoms with van der Waals surface area (Å²) in [6.07, 6.45) is 4.14. The van der Waals surface area contributed by atoms with Crippen LogP contribution < -0.4 is 4.74 Å². The summed E-state index contributed by atoms with van der Waals surface area (Å²) < 4.78 is 11.8. The van der Waals surface area contributed by atoms with Crippen molar-refractivity contribution in [1.29, 1.82) is 0 Å². The molecule has 0 spiro atoms. The van der Waals surface area contributed by atoms with Crippen molar-refractivity contribution in [3.8, 4) is 16.9 Å². The third kappa shape index (κ3) is 2.71. The lowest BCUT2D eigenvalue weighted by Crippen LogP contribution is -2.21. The summed E-state index contributed by atoms with van der Waals surface area (Å²) in [5.41, 5.74) is 4.42. The van der Waals surface area contributed by atoms with Crippen LogP contribution in [0.4, 0.5) is 0 Å². The van der Waals surface area contributed by atoms with Crippen molar-refractivity contribution in [2.45, 2.75) is 12.8 Å². The minimum atomic E-state index is 0.428. The molecule has 116 valence electrons. The van der Waals surface area contributed by atoms with Gasteiger partial charge in [0, 0.05) is 30.3 Å². The van der Waals surface area contributed by atoms with E-state index < -0.39 is 0 Å². The Morgan fingerprint density at radius 3 is 2.39 bits per heavy atom. The zero-order valence-electron chi connectivity index (χ0n) is 13.1. The number of hydrogen-bond donors (Lipinski definition) is 0. The molecule has 0 aromatic heterocycles. The number of fused-ring (bicyclic) bond motifs is 1. The molecule has 0 aliphatic carbocycles. The summed E-state index contributed by atoms with van der Waals surface area (Å²) in [6, 6.07) is 16.7. The molecule has 0 atom stereocenters. The molecule has 0 N–H and O–H groups in total. The van der Waals surface area contributed by atoms with Gasteiger partial charge in [-0.2, -0.15) is 0 Å². The van der Waals surface area contributed by atoms with Crippen LogP contribution in [0.15, 0.2) is 66.9 Å². The van der Waals surface area contributed by atoms with Crippen molar-refractivity contribution in [3.63, 3.8) is 0 Å². The van der Waals surface area contributed by atoms with E-state index in [4.69, 9.17) is 9.47 Å². The van der Waals surface area contributed by atoms with Gasteiger partial charge in [-0.3, -0.25) is 0 Å². The fraction of sp³-hybridized carbons (Fsp3) is 0.238. The van der Waals surface area contributed by atoms with E-state index >= 15 is 0 Å². The molecular formula is C21H20O2. The van der Waals surface area contributed by atoms with Crippen molar-refractivity contribution < 1.29 is 9.47 Å². The van der Waals surface area contributed by atoms with Crippen LogP contribution >= 0.6 is 0 Å². The fourth-order valence-corrected chi connectivity index (χ4v) is 3.32. The first-order chi connectivity index (χ1) is 11.3. The number of allylic oxidation sites excluding steroid dienone is 3. The first-order valence-corrected chi connectivity index (χ1v) is 8.18. The van der Waals surface area contributed by atoms with Crippen LogP contribution in [0, 0.1) is 5.92 Å². The van der Waals surface area contributed by atoms with Gasteiger partial charge in [-0.05, 0) is 30.1 Å². The monoisotopic (exact) mass is 304 g/mol. The first kappa shape index (κ1) is 14.3. The second-order valence-electron chi connectivity index (χ2n) is 6.11. The van der Waals surface area contributed by atoms with Gasteiger partial charge < -0.3 is 9.47 Å². The molecule has 0 saturated carbocycles. The maximum Gasteiger partial charge on any atom is 0.142 e. The minimum Gasteiger partial charge on any atom is -0.460 e. The van der Waals surface area contributed by atoms with Gasteiger partial charge in [0.2, 0.25) is 0 Å². The summed E-state index contributed by atoms with van der Waals surface area (Å²) in [6.45, 7) is 5.87. The minimum absolute atomic E-state index is 0.428. The van der Waals surface area contributed by atoms with Crippen molar-refractivity contribution in [2.75, 3.05) is 13.2 Å². The summed E-state index contributed by atoms with van der Waals surface area (Å²) in [4.78, 5) is 0. The van der Waals surface area contributed by atoms with Crippen LogP contribution in [-0.4, -0.2) is 13.2 Å². The molecule has 2 aromatic rings. The molecule has 2 heteroatoms. The highest BCUT2D eigenvalue weighted by Crippen LogP contribution is 2.43. The summed E-state index contributed by atoms with van der Waals surface area (Å²) >= 11 is 0. The van der Waals surface area contributed by atoms with E-state index in [1.165, 1.54) is 5.56 Å². The van der Waals surface area contributed by atoms with Gasteiger partial charge in [-0.1, -0.05) is 55.1 Å².